The Morgan fingerprint density at radius 2 is 1.95 bits per heavy atom. The smallest absolute Gasteiger partial charge is 0.494 e. The molecule has 1 aromatic carbocycles. The van der Waals surface area contributed by atoms with E-state index in [9.17, 15) is 18.5 Å². The molecule has 3 aromatic heterocycles. The Hall–Kier alpha value is -3.78. The molecule has 4 aromatic rings. The first-order valence-corrected chi connectivity index (χ1v) is 15.1. The molecule has 0 amide bonds. The standard InChI is InChI=1S/C26H31FN5O9P/c1-36-19-8-7-16(11-18(19)27)12-38-42(35,39-13-20-22(41-26(34)40-20)17-5-3-2-4-6-17)15-37-10-9-32-14-29-21-23(32)30-25(28)31-24(21)33/h7-8,11,14,17H,2-6,9-10,12-13,15H2,1H3,(H3,28,30,31,33). The van der Waals surface area contributed by atoms with Gasteiger partial charge in [-0.2, -0.15) is 4.98 Å². The van der Waals surface area contributed by atoms with E-state index in [0.29, 0.717) is 11.3 Å². The number of rotatable bonds is 13. The molecule has 16 heteroatoms. The van der Waals surface area contributed by atoms with Gasteiger partial charge in [0, 0.05) is 12.5 Å². The van der Waals surface area contributed by atoms with E-state index < -0.39 is 31.1 Å². The summed E-state index contributed by atoms with van der Waals surface area (Å²) < 4.78 is 62.0. The summed E-state index contributed by atoms with van der Waals surface area (Å²) in [5.74, 6) is -0.948. The van der Waals surface area contributed by atoms with Gasteiger partial charge in [0.05, 0.1) is 26.7 Å². The highest BCUT2D eigenvalue weighted by molar-refractivity contribution is 7.53. The maximum absolute atomic E-state index is 14.2. The van der Waals surface area contributed by atoms with E-state index in [-0.39, 0.29) is 60.9 Å². The minimum Gasteiger partial charge on any atom is -0.494 e. The Bertz CT molecular complexity index is 1690. The summed E-state index contributed by atoms with van der Waals surface area (Å²) in [5.41, 5.74) is 5.93. The predicted molar refractivity (Wildman–Crippen MR) is 147 cm³/mol. The van der Waals surface area contributed by atoms with Crippen LogP contribution in [0.1, 0.15) is 55.1 Å². The SMILES string of the molecule is COc1ccc(COP(=O)(COCCn2cnc3c(=O)[nH]c(N)nc32)OCc2oc(=O)oc2C2CCCCC2)cc1F. The van der Waals surface area contributed by atoms with Crippen LogP contribution in [0.4, 0.5) is 10.3 Å². The molecule has 226 valence electrons. The van der Waals surface area contributed by atoms with Crippen LogP contribution in [-0.4, -0.2) is 39.6 Å². The first-order chi connectivity index (χ1) is 20.2. The third kappa shape index (κ3) is 6.98. The van der Waals surface area contributed by atoms with Gasteiger partial charge in [0.15, 0.2) is 34.3 Å². The number of anilines is 1. The summed E-state index contributed by atoms with van der Waals surface area (Å²) in [4.78, 5) is 34.5. The van der Waals surface area contributed by atoms with Gasteiger partial charge in [-0.25, -0.2) is 14.2 Å². The molecule has 1 unspecified atom stereocenters. The van der Waals surface area contributed by atoms with Crippen LogP contribution in [0.3, 0.4) is 0 Å². The lowest BCUT2D eigenvalue weighted by Gasteiger charge is -2.21. The number of nitrogen functional groups attached to an aromatic ring is 1. The molecule has 0 bridgehead atoms. The molecule has 42 heavy (non-hydrogen) atoms. The van der Waals surface area contributed by atoms with Crippen LogP contribution in [0.2, 0.25) is 0 Å². The second-order valence-corrected chi connectivity index (χ2v) is 11.8. The number of halogens is 1. The molecule has 1 fully saturated rings. The summed E-state index contributed by atoms with van der Waals surface area (Å²) in [7, 11) is -2.65. The number of benzene rings is 1. The Morgan fingerprint density at radius 1 is 1.17 bits per heavy atom. The van der Waals surface area contributed by atoms with Gasteiger partial charge < -0.3 is 33.1 Å². The number of nitrogens with one attached hydrogen (secondary N) is 1. The molecular formula is C26H31FN5O9P. The molecule has 5 rings (SSSR count). The van der Waals surface area contributed by atoms with E-state index in [2.05, 4.69) is 15.0 Å². The van der Waals surface area contributed by atoms with E-state index >= 15 is 0 Å². The molecule has 1 saturated carbocycles. The fourth-order valence-electron chi connectivity index (χ4n) is 4.81. The molecule has 0 aliphatic heterocycles. The number of hydrogen-bond acceptors (Lipinski definition) is 12. The number of ether oxygens (including phenoxy) is 2. The lowest BCUT2D eigenvalue weighted by molar-refractivity contribution is 0.113. The van der Waals surface area contributed by atoms with Gasteiger partial charge in [-0.15, -0.1) is 0 Å². The van der Waals surface area contributed by atoms with E-state index in [1.807, 2.05) is 0 Å². The van der Waals surface area contributed by atoms with Gasteiger partial charge in [0.25, 0.3) is 5.56 Å². The van der Waals surface area contributed by atoms with Crippen molar-refractivity contribution in [1.82, 2.24) is 19.5 Å². The van der Waals surface area contributed by atoms with Gasteiger partial charge >= 0.3 is 13.4 Å². The number of aromatic amines is 1. The Kier molecular flexibility index (Phi) is 9.21. The minimum absolute atomic E-state index is 0.00233. The number of aromatic nitrogens is 4. The van der Waals surface area contributed by atoms with Gasteiger partial charge in [0.2, 0.25) is 5.95 Å². The van der Waals surface area contributed by atoms with Crippen molar-refractivity contribution >= 4 is 24.7 Å². The molecule has 0 radical (unpaired) electrons. The number of fused-ring (bicyclic) bond motifs is 1. The zero-order valence-electron chi connectivity index (χ0n) is 22.9. The van der Waals surface area contributed by atoms with Crippen LogP contribution in [0.5, 0.6) is 5.75 Å². The largest absolute Gasteiger partial charge is 0.519 e. The highest BCUT2D eigenvalue weighted by Gasteiger charge is 2.30. The zero-order chi connectivity index (χ0) is 29.7. The van der Waals surface area contributed by atoms with Crippen molar-refractivity contribution in [3.8, 4) is 5.75 Å². The van der Waals surface area contributed by atoms with Crippen molar-refractivity contribution in [3.63, 3.8) is 0 Å². The summed E-state index contributed by atoms with van der Waals surface area (Å²) in [6.07, 6.45) is 5.71. The van der Waals surface area contributed by atoms with Crippen molar-refractivity contribution in [2.75, 3.05) is 25.8 Å². The van der Waals surface area contributed by atoms with E-state index in [0.717, 1.165) is 32.1 Å². The van der Waals surface area contributed by atoms with Crippen molar-refractivity contribution in [2.45, 2.75) is 57.8 Å². The molecule has 0 spiro atoms. The quantitative estimate of drug-likeness (QED) is 0.164. The highest BCUT2D eigenvalue weighted by atomic mass is 31.2. The number of imidazole rings is 1. The maximum atomic E-state index is 14.2. The Morgan fingerprint density at radius 3 is 2.71 bits per heavy atom. The van der Waals surface area contributed by atoms with E-state index in [1.54, 1.807) is 10.6 Å². The zero-order valence-corrected chi connectivity index (χ0v) is 23.8. The molecule has 3 N–H and O–H groups in total. The average molecular weight is 608 g/mol. The number of nitrogens with zero attached hydrogens (tertiary/aromatic N) is 3. The van der Waals surface area contributed by atoms with Gasteiger partial charge in [-0.1, -0.05) is 25.3 Å². The van der Waals surface area contributed by atoms with Crippen molar-refractivity contribution in [2.24, 2.45) is 0 Å². The fourth-order valence-corrected chi connectivity index (χ4v) is 6.05. The monoisotopic (exact) mass is 607 g/mol. The van der Waals surface area contributed by atoms with E-state index in [4.69, 9.17) is 33.1 Å². The van der Waals surface area contributed by atoms with Crippen molar-refractivity contribution < 1.29 is 36.3 Å². The molecule has 1 aliphatic carbocycles. The second-order valence-electron chi connectivity index (χ2n) is 9.80. The van der Waals surface area contributed by atoms with Crippen LogP contribution in [0.25, 0.3) is 11.2 Å². The normalized spacial score (nSPS) is 15.7. The topological polar surface area (TPSA) is 187 Å². The van der Waals surface area contributed by atoms with Gasteiger partial charge in [-0.3, -0.25) is 18.9 Å². The first-order valence-electron chi connectivity index (χ1n) is 13.4. The molecule has 1 aliphatic rings. The van der Waals surface area contributed by atoms with Crippen LogP contribution in [0, 0.1) is 5.82 Å². The summed E-state index contributed by atoms with van der Waals surface area (Å²) in [6, 6.07) is 4.19. The first kappa shape index (κ1) is 29.7. The fraction of sp³-hybridized carbons (Fsp3) is 0.462. The number of nitrogens with two attached hydrogens (primary N) is 1. The van der Waals surface area contributed by atoms with Crippen molar-refractivity contribution in [1.29, 1.82) is 0 Å². The minimum atomic E-state index is -4.00. The third-order valence-corrected chi connectivity index (χ3v) is 8.45. The van der Waals surface area contributed by atoms with Crippen LogP contribution >= 0.6 is 7.60 Å². The van der Waals surface area contributed by atoms with Gasteiger partial charge in [0.1, 0.15) is 13.0 Å². The second kappa shape index (κ2) is 13.0. The number of methoxy groups -OCH3 is 1. The summed E-state index contributed by atoms with van der Waals surface area (Å²) in [5, 5.41) is 0. The van der Waals surface area contributed by atoms with E-state index in [1.165, 1.54) is 25.6 Å². The molecular weight excluding hydrogens is 576 g/mol. The molecule has 3 heterocycles. The number of hydrogen-bond donors (Lipinski definition) is 2. The van der Waals surface area contributed by atoms with Crippen molar-refractivity contribution in [3.05, 3.63) is 68.4 Å². The highest BCUT2D eigenvalue weighted by Crippen LogP contribution is 2.50. The summed E-state index contributed by atoms with van der Waals surface area (Å²) in [6.45, 7) is -0.405. The maximum Gasteiger partial charge on any atom is 0.519 e. The van der Waals surface area contributed by atoms with Crippen LogP contribution in [0.15, 0.2) is 42.9 Å². The summed E-state index contributed by atoms with van der Waals surface area (Å²) >= 11 is 0. The average Bonchev–Trinajstić information content (AvgIpc) is 3.57. The Balaban J connectivity index is 1.27. The van der Waals surface area contributed by atoms with Crippen LogP contribution < -0.4 is 21.9 Å². The molecule has 14 nitrogen and oxygen atoms in total. The molecule has 0 saturated heterocycles. The Labute approximate surface area is 238 Å². The predicted octanol–water partition coefficient (Wildman–Crippen LogP) is 4.04. The lowest BCUT2D eigenvalue weighted by Crippen LogP contribution is -2.13. The van der Waals surface area contributed by atoms with Gasteiger partial charge in [-0.05, 0) is 30.5 Å². The third-order valence-electron chi connectivity index (χ3n) is 6.91. The molecule has 1 atom stereocenters. The van der Waals surface area contributed by atoms with Crippen LogP contribution in [-0.2, 0) is 38.1 Å². The lowest BCUT2D eigenvalue weighted by atomic mass is 9.87. The number of H-pyrrole nitrogens is 1.